The van der Waals surface area contributed by atoms with Crippen molar-refractivity contribution >= 4 is 51.2 Å². The number of hydrogen-bond donors (Lipinski definition) is 2. The molecule has 2 amide bonds. The first-order valence-electron chi connectivity index (χ1n) is 12.6. The minimum absolute atomic E-state index is 0.246. The van der Waals surface area contributed by atoms with E-state index in [1.54, 1.807) is 42.5 Å². The average Bonchev–Trinajstić information content (AvgIpc) is 2.98. The molecular formula is C32H25N3O5. The lowest BCUT2D eigenvalue weighted by atomic mass is 10.0. The topological polar surface area (TPSA) is 106 Å². The highest BCUT2D eigenvalue weighted by molar-refractivity contribution is 6.40. The Labute approximate surface area is 230 Å². The van der Waals surface area contributed by atoms with Gasteiger partial charge in [0, 0.05) is 16.6 Å². The largest absolute Gasteiger partial charge is 0.494 e. The van der Waals surface area contributed by atoms with Crippen LogP contribution in [0, 0.1) is 0 Å². The van der Waals surface area contributed by atoms with Crippen molar-refractivity contribution in [2.24, 2.45) is 5.10 Å². The van der Waals surface area contributed by atoms with Crippen molar-refractivity contribution in [3.63, 3.8) is 0 Å². The van der Waals surface area contributed by atoms with Crippen molar-refractivity contribution in [3.05, 3.63) is 114 Å². The first-order chi connectivity index (χ1) is 19.5. The fourth-order valence-electron chi connectivity index (χ4n) is 4.23. The van der Waals surface area contributed by atoms with Crippen molar-refractivity contribution < 1.29 is 23.9 Å². The monoisotopic (exact) mass is 531 g/mol. The van der Waals surface area contributed by atoms with Gasteiger partial charge in [0.2, 0.25) is 0 Å². The quantitative estimate of drug-likeness (QED) is 0.0922. The molecule has 0 saturated heterocycles. The molecule has 0 fully saturated rings. The first kappa shape index (κ1) is 26.1. The van der Waals surface area contributed by atoms with Gasteiger partial charge in [-0.1, -0.05) is 66.7 Å². The highest BCUT2D eigenvalue weighted by atomic mass is 16.5. The molecule has 0 atom stereocenters. The second kappa shape index (κ2) is 11.9. The second-order valence-electron chi connectivity index (χ2n) is 8.73. The van der Waals surface area contributed by atoms with Crippen LogP contribution < -0.4 is 20.2 Å². The fraction of sp³-hybridized carbons (Fsp3) is 0.0625. The number of hydrazone groups is 1. The van der Waals surface area contributed by atoms with E-state index < -0.39 is 17.8 Å². The Bertz CT molecular complexity index is 1740. The molecule has 5 rings (SSSR count). The number of carbonyl (C=O) groups is 3. The van der Waals surface area contributed by atoms with Gasteiger partial charge in [-0.2, -0.15) is 5.10 Å². The van der Waals surface area contributed by atoms with E-state index in [9.17, 15) is 14.4 Å². The summed E-state index contributed by atoms with van der Waals surface area (Å²) < 4.78 is 11.1. The van der Waals surface area contributed by atoms with Crippen molar-refractivity contribution in [1.29, 1.82) is 0 Å². The summed E-state index contributed by atoms with van der Waals surface area (Å²) in [4.78, 5) is 38.0. The molecule has 8 heteroatoms. The summed E-state index contributed by atoms with van der Waals surface area (Å²) in [6.07, 6.45) is 1.35. The number of nitrogens with zero attached hydrogens (tertiary/aromatic N) is 1. The van der Waals surface area contributed by atoms with Crippen LogP contribution in [0.3, 0.4) is 0 Å². The molecule has 5 aromatic carbocycles. The fourth-order valence-corrected chi connectivity index (χ4v) is 4.23. The smallest absolute Gasteiger partial charge is 0.343 e. The number of rotatable bonds is 7. The number of benzene rings is 5. The van der Waals surface area contributed by atoms with E-state index >= 15 is 0 Å². The van der Waals surface area contributed by atoms with Gasteiger partial charge in [0.25, 0.3) is 0 Å². The number of nitrogens with one attached hydrogen (secondary N) is 2. The van der Waals surface area contributed by atoms with E-state index in [1.807, 2.05) is 67.6 Å². The zero-order valence-electron chi connectivity index (χ0n) is 21.6. The summed E-state index contributed by atoms with van der Waals surface area (Å²) in [7, 11) is 0. The molecule has 0 heterocycles. The number of anilines is 1. The standard InChI is InChI=1S/C32H25N3O5/c1-2-39-24-17-14-23(15-18-24)32(38)40-29-19-16-22-9-3-5-11-25(22)27(29)20-33-35-31(37)30(36)34-28-13-7-10-21-8-4-6-12-26(21)28/h3-20H,2H2,1H3,(H,34,36)(H,35,37). The van der Waals surface area contributed by atoms with E-state index in [0.717, 1.165) is 21.5 Å². The number of amides is 2. The van der Waals surface area contributed by atoms with Crippen LogP contribution >= 0.6 is 0 Å². The van der Waals surface area contributed by atoms with Crippen LogP contribution in [0.15, 0.2) is 108 Å². The Balaban J connectivity index is 1.33. The molecule has 0 unspecified atom stereocenters. The van der Waals surface area contributed by atoms with Gasteiger partial charge < -0.3 is 14.8 Å². The predicted molar refractivity (Wildman–Crippen MR) is 155 cm³/mol. The molecule has 0 radical (unpaired) electrons. The van der Waals surface area contributed by atoms with Crippen molar-refractivity contribution in [1.82, 2.24) is 5.43 Å². The van der Waals surface area contributed by atoms with Crippen LogP contribution in [0.1, 0.15) is 22.8 Å². The molecule has 0 aliphatic heterocycles. The van der Waals surface area contributed by atoms with E-state index in [-0.39, 0.29) is 5.75 Å². The van der Waals surface area contributed by atoms with Gasteiger partial charge in [0.1, 0.15) is 11.5 Å². The maximum atomic E-state index is 12.9. The summed E-state index contributed by atoms with van der Waals surface area (Å²) in [6.45, 7) is 2.40. The van der Waals surface area contributed by atoms with E-state index in [4.69, 9.17) is 9.47 Å². The number of carbonyl (C=O) groups excluding carboxylic acids is 3. The van der Waals surface area contributed by atoms with Gasteiger partial charge in [0.15, 0.2) is 0 Å². The van der Waals surface area contributed by atoms with Crippen LogP contribution in [0.2, 0.25) is 0 Å². The third-order valence-electron chi connectivity index (χ3n) is 6.14. The normalized spacial score (nSPS) is 10.9. The highest BCUT2D eigenvalue weighted by Gasteiger charge is 2.16. The summed E-state index contributed by atoms with van der Waals surface area (Å²) in [5, 5.41) is 9.99. The summed E-state index contributed by atoms with van der Waals surface area (Å²) in [6, 6.07) is 30.5. The van der Waals surface area contributed by atoms with Crippen LogP contribution in [-0.2, 0) is 9.59 Å². The Hall–Kier alpha value is -5.50. The molecule has 0 bridgehead atoms. The Morgan fingerprint density at radius 3 is 2.17 bits per heavy atom. The summed E-state index contributed by atoms with van der Waals surface area (Å²) in [5.74, 6) is -1.48. The molecule has 5 aromatic rings. The molecule has 8 nitrogen and oxygen atoms in total. The van der Waals surface area contributed by atoms with Gasteiger partial charge in [-0.05, 0) is 59.5 Å². The number of hydrogen-bond acceptors (Lipinski definition) is 6. The Kier molecular flexibility index (Phi) is 7.78. The molecule has 40 heavy (non-hydrogen) atoms. The SMILES string of the molecule is CCOc1ccc(C(=O)Oc2ccc3ccccc3c2C=NNC(=O)C(=O)Nc2cccc3ccccc23)cc1. The lowest BCUT2D eigenvalue weighted by Crippen LogP contribution is -2.32. The van der Waals surface area contributed by atoms with Gasteiger partial charge in [-0.15, -0.1) is 0 Å². The van der Waals surface area contributed by atoms with Crippen molar-refractivity contribution in [2.75, 3.05) is 11.9 Å². The highest BCUT2D eigenvalue weighted by Crippen LogP contribution is 2.28. The van der Waals surface area contributed by atoms with Gasteiger partial charge in [0.05, 0.1) is 18.4 Å². The molecule has 0 aliphatic carbocycles. The molecule has 0 saturated carbocycles. The number of esters is 1. The number of ether oxygens (including phenoxy) is 2. The van der Waals surface area contributed by atoms with E-state index in [0.29, 0.717) is 29.2 Å². The molecule has 0 aliphatic rings. The molecule has 0 aromatic heterocycles. The third kappa shape index (κ3) is 5.81. The molecule has 198 valence electrons. The molecular weight excluding hydrogens is 506 g/mol. The molecule has 2 N–H and O–H groups in total. The van der Waals surface area contributed by atoms with Crippen LogP contribution in [0.4, 0.5) is 5.69 Å². The first-order valence-corrected chi connectivity index (χ1v) is 12.6. The lowest BCUT2D eigenvalue weighted by Gasteiger charge is -2.11. The Morgan fingerprint density at radius 1 is 0.750 bits per heavy atom. The van der Waals surface area contributed by atoms with Gasteiger partial charge in [-0.3, -0.25) is 9.59 Å². The maximum Gasteiger partial charge on any atom is 0.343 e. The maximum absolute atomic E-state index is 12.9. The molecule has 0 spiro atoms. The lowest BCUT2D eigenvalue weighted by molar-refractivity contribution is -0.136. The zero-order valence-corrected chi connectivity index (χ0v) is 21.6. The van der Waals surface area contributed by atoms with Crippen LogP contribution in [0.5, 0.6) is 11.5 Å². The van der Waals surface area contributed by atoms with E-state index in [2.05, 4.69) is 15.8 Å². The summed E-state index contributed by atoms with van der Waals surface area (Å²) in [5.41, 5.74) is 3.58. The van der Waals surface area contributed by atoms with Gasteiger partial charge >= 0.3 is 17.8 Å². The van der Waals surface area contributed by atoms with Crippen molar-refractivity contribution in [2.45, 2.75) is 6.92 Å². The van der Waals surface area contributed by atoms with Gasteiger partial charge in [-0.25, -0.2) is 10.2 Å². The number of fused-ring (bicyclic) bond motifs is 2. The minimum atomic E-state index is -0.947. The second-order valence-corrected chi connectivity index (χ2v) is 8.73. The zero-order chi connectivity index (χ0) is 27.9. The minimum Gasteiger partial charge on any atom is -0.494 e. The Morgan fingerprint density at radius 2 is 1.43 bits per heavy atom. The van der Waals surface area contributed by atoms with Crippen LogP contribution in [0.25, 0.3) is 21.5 Å². The summed E-state index contributed by atoms with van der Waals surface area (Å²) >= 11 is 0. The van der Waals surface area contributed by atoms with Crippen molar-refractivity contribution in [3.8, 4) is 11.5 Å². The predicted octanol–water partition coefficient (Wildman–Crippen LogP) is 5.70. The third-order valence-corrected chi connectivity index (χ3v) is 6.14. The van der Waals surface area contributed by atoms with E-state index in [1.165, 1.54) is 6.21 Å². The van der Waals surface area contributed by atoms with Crippen LogP contribution in [-0.4, -0.2) is 30.6 Å². The average molecular weight is 532 g/mol.